The molecule has 0 radical (unpaired) electrons. The Morgan fingerprint density at radius 2 is 2.00 bits per heavy atom. The number of aromatic nitrogens is 2. The molecule has 8 heteroatoms. The Morgan fingerprint density at radius 3 is 2.68 bits per heavy atom. The van der Waals surface area contributed by atoms with E-state index >= 15 is 0 Å². The molecule has 2 heterocycles. The predicted octanol–water partition coefficient (Wildman–Crippen LogP) is 2.58. The molecular formula is C20H28N4O4. The fraction of sp³-hybridized carbons (Fsp3) is 0.550. The van der Waals surface area contributed by atoms with Gasteiger partial charge in [-0.15, -0.1) is 0 Å². The summed E-state index contributed by atoms with van der Waals surface area (Å²) in [6, 6.07) is 3.58. The van der Waals surface area contributed by atoms with Gasteiger partial charge >= 0.3 is 0 Å². The number of benzene rings is 1. The Labute approximate surface area is 165 Å². The van der Waals surface area contributed by atoms with E-state index in [9.17, 15) is 4.79 Å². The summed E-state index contributed by atoms with van der Waals surface area (Å²) in [5, 5.41) is 0.719. The lowest BCUT2D eigenvalue weighted by Crippen LogP contribution is -2.23. The predicted molar refractivity (Wildman–Crippen MR) is 108 cm³/mol. The van der Waals surface area contributed by atoms with Crippen LogP contribution in [0.3, 0.4) is 0 Å². The maximum absolute atomic E-state index is 12.1. The normalized spacial score (nSPS) is 16.3. The van der Waals surface area contributed by atoms with Gasteiger partial charge in [-0.05, 0) is 31.7 Å². The van der Waals surface area contributed by atoms with Crippen molar-refractivity contribution in [3.05, 3.63) is 12.1 Å². The van der Waals surface area contributed by atoms with Crippen LogP contribution in [0.2, 0.25) is 0 Å². The fourth-order valence-corrected chi connectivity index (χ4v) is 3.38. The molecule has 1 atom stereocenters. The number of carbonyl (C=O) groups is 1. The van der Waals surface area contributed by atoms with Gasteiger partial charge in [-0.2, -0.15) is 4.98 Å². The molecule has 0 bridgehead atoms. The van der Waals surface area contributed by atoms with Crippen molar-refractivity contribution in [2.24, 2.45) is 0 Å². The Kier molecular flexibility index (Phi) is 6.51. The highest BCUT2D eigenvalue weighted by atomic mass is 16.5. The first-order valence-corrected chi connectivity index (χ1v) is 9.58. The van der Waals surface area contributed by atoms with E-state index in [1.807, 2.05) is 11.9 Å². The van der Waals surface area contributed by atoms with Crippen molar-refractivity contribution >= 4 is 28.5 Å². The third kappa shape index (κ3) is 4.44. The van der Waals surface area contributed by atoms with Crippen LogP contribution in [0.5, 0.6) is 11.5 Å². The number of hydrogen-bond acceptors (Lipinski definition) is 8. The molecule has 3 rings (SSSR count). The maximum atomic E-state index is 12.1. The van der Waals surface area contributed by atoms with Gasteiger partial charge in [-0.1, -0.05) is 0 Å². The van der Waals surface area contributed by atoms with Crippen molar-refractivity contribution in [2.45, 2.75) is 38.2 Å². The summed E-state index contributed by atoms with van der Waals surface area (Å²) < 4.78 is 16.1. The first-order valence-electron chi connectivity index (χ1n) is 9.58. The highest BCUT2D eigenvalue weighted by Gasteiger charge is 2.22. The molecule has 0 spiro atoms. The molecule has 1 aromatic heterocycles. The van der Waals surface area contributed by atoms with E-state index in [-0.39, 0.29) is 11.9 Å². The highest BCUT2D eigenvalue weighted by Crippen LogP contribution is 2.34. The molecule has 1 unspecified atom stereocenters. The van der Waals surface area contributed by atoms with Crippen LogP contribution in [0.4, 0.5) is 11.8 Å². The van der Waals surface area contributed by atoms with Crippen molar-refractivity contribution in [3.8, 4) is 11.5 Å². The number of ketones is 1. The number of hydrogen-bond donors (Lipinski definition) is 1. The smallest absolute Gasteiger partial charge is 0.227 e. The molecule has 28 heavy (non-hydrogen) atoms. The third-order valence-electron chi connectivity index (χ3n) is 5.02. The summed E-state index contributed by atoms with van der Waals surface area (Å²) in [5.41, 5.74) is 6.84. The molecule has 0 amide bonds. The van der Waals surface area contributed by atoms with E-state index in [1.54, 1.807) is 26.4 Å². The molecule has 1 fully saturated rings. The van der Waals surface area contributed by atoms with Gasteiger partial charge in [0, 0.05) is 38.1 Å². The number of methoxy groups -OCH3 is 2. The van der Waals surface area contributed by atoms with Crippen LogP contribution in [-0.4, -0.2) is 56.3 Å². The number of carbonyl (C=O) groups excluding carboxylic acids is 1. The Hall–Kier alpha value is -2.61. The SMILES string of the molecule is COc1cc2nc(N(C)CCCCC(=O)C3CCCO3)nc(N)c2cc1OC. The number of ether oxygens (including phenoxy) is 3. The van der Waals surface area contributed by atoms with E-state index < -0.39 is 0 Å². The molecule has 152 valence electrons. The largest absolute Gasteiger partial charge is 0.493 e. The van der Waals surface area contributed by atoms with Gasteiger partial charge in [0.15, 0.2) is 17.3 Å². The Bertz CT molecular complexity index is 837. The summed E-state index contributed by atoms with van der Waals surface area (Å²) in [6.45, 7) is 1.44. The number of unbranched alkanes of at least 4 members (excludes halogenated alkanes) is 1. The van der Waals surface area contributed by atoms with E-state index in [0.29, 0.717) is 41.8 Å². The molecule has 8 nitrogen and oxygen atoms in total. The summed E-state index contributed by atoms with van der Waals surface area (Å²) in [4.78, 5) is 23.0. The van der Waals surface area contributed by atoms with E-state index in [1.165, 1.54) is 0 Å². The Morgan fingerprint density at radius 1 is 1.25 bits per heavy atom. The molecule has 1 saturated heterocycles. The summed E-state index contributed by atoms with van der Waals surface area (Å²) in [6.07, 6.45) is 3.89. The van der Waals surface area contributed by atoms with Crippen LogP contribution >= 0.6 is 0 Å². The molecule has 2 aromatic rings. The van der Waals surface area contributed by atoms with Gasteiger partial charge in [0.05, 0.1) is 19.7 Å². The van der Waals surface area contributed by atoms with Gasteiger partial charge in [0.1, 0.15) is 11.9 Å². The number of fused-ring (bicyclic) bond motifs is 1. The van der Waals surface area contributed by atoms with Gasteiger partial charge in [0.2, 0.25) is 5.95 Å². The lowest BCUT2D eigenvalue weighted by Gasteiger charge is -2.18. The number of rotatable bonds is 9. The van der Waals surface area contributed by atoms with Gasteiger partial charge in [-0.25, -0.2) is 4.98 Å². The molecule has 1 aliphatic rings. The molecule has 0 aliphatic carbocycles. The third-order valence-corrected chi connectivity index (χ3v) is 5.02. The first kappa shape index (κ1) is 20.1. The average molecular weight is 388 g/mol. The maximum Gasteiger partial charge on any atom is 0.227 e. The van der Waals surface area contributed by atoms with Crippen molar-refractivity contribution in [3.63, 3.8) is 0 Å². The van der Waals surface area contributed by atoms with Crippen molar-refractivity contribution < 1.29 is 19.0 Å². The minimum atomic E-state index is -0.187. The number of nitrogens with two attached hydrogens (primary N) is 1. The molecule has 1 aromatic carbocycles. The van der Waals surface area contributed by atoms with Crippen LogP contribution in [0, 0.1) is 0 Å². The minimum absolute atomic E-state index is 0.187. The zero-order valence-electron chi connectivity index (χ0n) is 16.7. The van der Waals surface area contributed by atoms with Crippen LogP contribution in [0.25, 0.3) is 10.9 Å². The number of anilines is 2. The molecule has 0 saturated carbocycles. The molecule has 2 N–H and O–H groups in total. The van der Waals surface area contributed by atoms with E-state index in [0.717, 1.165) is 37.6 Å². The van der Waals surface area contributed by atoms with Crippen LogP contribution in [0.1, 0.15) is 32.1 Å². The van der Waals surface area contributed by atoms with Crippen molar-refractivity contribution in [1.29, 1.82) is 0 Å². The first-order chi connectivity index (χ1) is 13.5. The lowest BCUT2D eigenvalue weighted by molar-refractivity contribution is -0.127. The second-order valence-electron chi connectivity index (χ2n) is 6.98. The van der Waals surface area contributed by atoms with E-state index in [2.05, 4.69) is 9.97 Å². The van der Waals surface area contributed by atoms with Crippen molar-refractivity contribution in [2.75, 3.05) is 45.1 Å². The topological polar surface area (TPSA) is 99.8 Å². The number of nitrogen functional groups attached to an aromatic ring is 1. The fourth-order valence-electron chi connectivity index (χ4n) is 3.38. The van der Waals surface area contributed by atoms with Gasteiger partial charge < -0.3 is 24.8 Å². The highest BCUT2D eigenvalue weighted by molar-refractivity contribution is 5.91. The summed E-state index contributed by atoms with van der Waals surface area (Å²) >= 11 is 0. The number of nitrogens with zero attached hydrogens (tertiary/aromatic N) is 3. The second-order valence-corrected chi connectivity index (χ2v) is 6.98. The Balaban J connectivity index is 1.62. The standard InChI is InChI=1S/C20H28N4O4/c1-24(9-5-4-7-15(25)16-8-6-10-28-16)20-22-14-12-18(27-3)17(26-2)11-13(14)19(21)23-20/h11-12,16H,4-10H2,1-3H3,(H2,21,22,23). The molecular weight excluding hydrogens is 360 g/mol. The van der Waals surface area contributed by atoms with Gasteiger partial charge in [0.25, 0.3) is 0 Å². The van der Waals surface area contributed by atoms with Crippen LogP contribution in [-0.2, 0) is 9.53 Å². The lowest BCUT2D eigenvalue weighted by atomic mass is 10.1. The van der Waals surface area contributed by atoms with Crippen LogP contribution in [0.15, 0.2) is 12.1 Å². The average Bonchev–Trinajstić information content (AvgIpc) is 3.24. The minimum Gasteiger partial charge on any atom is -0.493 e. The van der Waals surface area contributed by atoms with E-state index in [4.69, 9.17) is 19.9 Å². The quantitative estimate of drug-likeness (QED) is 0.654. The number of Topliss-reactive ketones (excluding diaryl/α,β-unsaturated/α-hetero) is 1. The van der Waals surface area contributed by atoms with Gasteiger partial charge in [-0.3, -0.25) is 4.79 Å². The zero-order chi connectivity index (χ0) is 20.1. The molecule has 1 aliphatic heterocycles. The summed E-state index contributed by atoms with van der Waals surface area (Å²) in [7, 11) is 5.08. The zero-order valence-corrected chi connectivity index (χ0v) is 16.7. The summed E-state index contributed by atoms with van der Waals surface area (Å²) in [5.74, 6) is 2.33. The van der Waals surface area contributed by atoms with Crippen molar-refractivity contribution in [1.82, 2.24) is 9.97 Å². The monoisotopic (exact) mass is 388 g/mol. The second kappa shape index (κ2) is 9.05. The van der Waals surface area contributed by atoms with Crippen LogP contribution < -0.4 is 20.1 Å².